The zero-order valence-corrected chi connectivity index (χ0v) is 20.4. The van der Waals surface area contributed by atoms with Gasteiger partial charge in [0.25, 0.3) is 0 Å². The van der Waals surface area contributed by atoms with Crippen LogP contribution in [0.2, 0.25) is 0 Å². The van der Waals surface area contributed by atoms with Crippen LogP contribution in [0.5, 0.6) is 0 Å². The number of carbonyl (C=O) groups is 2. The molecule has 0 saturated carbocycles. The summed E-state index contributed by atoms with van der Waals surface area (Å²) in [6.07, 6.45) is 9.46. The molecule has 29 heavy (non-hydrogen) atoms. The number of unbranched alkanes of at least 4 members (excludes halogenated alkanes) is 4. The molecule has 0 aliphatic rings. The molecular formula is C25H48O4. The fourth-order valence-corrected chi connectivity index (χ4v) is 3.38. The Hall–Kier alpha value is -1.06. The number of ether oxygens (including phenoxy) is 2. The van der Waals surface area contributed by atoms with Crippen LogP contribution in [0, 0.1) is 23.2 Å². The normalized spacial score (nSPS) is 13.0. The highest BCUT2D eigenvalue weighted by atomic mass is 16.5. The van der Waals surface area contributed by atoms with Crippen molar-refractivity contribution in [3.63, 3.8) is 0 Å². The van der Waals surface area contributed by atoms with Gasteiger partial charge in [-0.15, -0.1) is 0 Å². The maximum Gasteiger partial charge on any atom is 0.309 e. The second-order valence-electron chi connectivity index (χ2n) is 10.5. The van der Waals surface area contributed by atoms with Gasteiger partial charge in [-0.3, -0.25) is 9.59 Å². The SMILES string of the molecule is CC(C)CCCCCOC(=O)CC(CC(C)(C)C)C(=O)OCCCCCC(C)C. The third-order valence-electron chi connectivity index (χ3n) is 4.96. The number of hydrogen-bond acceptors (Lipinski definition) is 4. The molecule has 0 aromatic heterocycles. The molecule has 1 unspecified atom stereocenters. The summed E-state index contributed by atoms with van der Waals surface area (Å²) in [7, 11) is 0. The van der Waals surface area contributed by atoms with Crippen molar-refractivity contribution in [2.24, 2.45) is 23.2 Å². The second-order valence-corrected chi connectivity index (χ2v) is 10.5. The van der Waals surface area contributed by atoms with Crippen LogP contribution in [0.25, 0.3) is 0 Å². The molecule has 0 bridgehead atoms. The lowest BCUT2D eigenvalue weighted by Gasteiger charge is -2.24. The van der Waals surface area contributed by atoms with Crippen LogP contribution < -0.4 is 0 Å². The minimum absolute atomic E-state index is 0.0436. The minimum Gasteiger partial charge on any atom is -0.466 e. The summed E-state index contributed by atoms with van der Waals surface area (Å²) in [6.45, 7) is 16.0. The highest BCUT2D eigenvalue weighted by Gasteiger charge is 2.29. The zero-order valence-electron chi connectivity index (χ0n) is 20.4. The first kappa shape index (κ1) is 27.9. The Bertz CT molecular complexity index is 435. The Morgan fingerprint density at radius 1 is 0.724 bits per heavy atom. The smallest absolute Gasteiger partial charge is 0.309 e. The van der Waals surface area contributed by atoms with Crippen LogP contribution in [0.15, 0.2) is 0 Å². The Kier molecular flexibility index (Phi) is 15.2. The Morgan fingerprint density at radius 2 is 1.21 bits per heavy atom. The third kappa shape index (κ3) is 18.7. The van der Waals surface area contributed by atoms with Gasteiger partial charge in [-0.2, -0.15) is 0 Å². The summed E-state index contributed by atoms with van der Waals surface area (Å²) in [4.78, 5) is 24.8. The third-order valence-corrected chi connectivity index (χ3v) is 4.96. The summed E-state index contributed by atoms with van der Waals surface area (Å²) < 4.78 is 10.9. The number of carbonyl (C=O) groups excluding carboxylic acids is 2. The standard InChI is InChI=1S/C25H48O4/c1-20(2)14-10-8-12-16-28-23(26)18-22(19-25(5,6)7)24(27)29-17-13-9-11-15-21(3)4/h20-22H,8-19H2,1-7H3. The van der Waals surface area contributed by atoms with E-state index < -0.39 is 5.92 Å². The van der Waals surface area contributed by atoms with Gasteiger partial charge in [0, 0.05) is 0 Å². The van der Waals surface area contributed by atoms with Crippen LogP contribution >= 0.6 is 0 Å². The van der Waals surface area contributed by atoms with Gasteiger partial charge in [0.1, 0.15) is 0 Å². The molecule has 0 N–H and O–H groups in total. The summed E-state index contributed by atoms with van der Waals surface area (Å²) in [5, 5.41) is 0. The van der Waals surface area contributed by atoms with Crippen LogP contribution in [-0.2, 0) is 19.1 Å². The van der Waals surface area contributed by atoms with E-state index in [-0.39, 0.29) is 23.8 Å². The molecule has 0 aliphatic heterocycles. The molecule has 4 nitrogen and oxygen atoms in total. The van der Waals surface area contributed by atoms with Crippen molar-refractivity contribution in [2.75, 3.05) is 13.2 Å². The molecule has 0 fully saturated rings. The van der Waals surface area contributed by atoms with Crippen LogP contribution in [0.4, 0.5) is 0 Å². The lowest BCUT2D eigenvalue weighted by molar-refractivity contribution is -0.156. The van der Waals surface area contributed by atoms with E-state index in [0.29, 0.717) is 19.6 Å². The van der Waals surface area contributed by atoms with E-state index in [9.17, 15) is 9.59 Å². The number of esters is 2. The van der Waals surface area contributed by atoms with E-state index in [2.05, 4.69) is 48.5 Å². The Balaban J connectivity index is 4.25. The Labute approximate surface area is 180 Å². The lowest BCUT2D eigenvalue weighted by Crippen LogP contribution is -2.27. The highest BCUT2D eigenvalue weighted by Crippen LogP contribution is 2.27. The zero-order chi connectivity index (χ0) is 22.3. The molecule has 0 aliphatic carbocycles. The largest absolute Gasteiger partial charge is 0.466 e. The predicted octanol–water partition coefficient (Wildman–Crippen LogP) is 6.95. The van der Waals surface area contributed by atoms with Crippen LogP contribution in [0.3, 0.4) is 0 Å². The van der Waals surface area contributed by atoms with E-state index in [1.54, 1.807) is 0 Å². The van der Waals surface area contributed by atoms with Crippen molar-refractivity contribution in [1.82, 2.24) is 0 Å². The van der Waals surface area contributed by atoms with Crippen molar-refractivity contribution in [3.8, 4) is 0 Å². The topological polar surface area (TPSA) is 52.6 Å². The van der Waals surface area contributed by atoms with Gasteiger partial charge in [-0.1, -0.05) is 87.0 Å². The summed E-state index contributed by atoms with van der Waals surface area (Å²) in [6, 6.07) is 0. The van der Waals surface area contributed by atoms with Gasteiger partial charge >= 0.3 is 11.9 Å². The fraction of sp³-hybridized carbons (Fsp3) is 0.920. The van der Waals surface area contributed by atoms with Crippen LogP contribution in [-0.4, -0.2) is 25.2 Å². The average Bonchev–Trinajstić information content (AvgIpc) is 2.58. The molecule has 0 spiro atoms. The van der Waals surface area contributed by atoms with Crippen molar-refractivity contribution in [3.05, 3.63) is 0 Å². The summed E-state index contributed by atoms with van der Waals surface area (Å²) >= 11 is 0. The molecule has 0 aromatic rings. The average molecular weight is 413 g/mol. The maximum absolute atomic E-state index is 12.5. The van der Waals surface area contributed by atoms with Crippen molar-refractivity contribution in [2.45, 2.75) is 113 Å². The molecule has 0 rings (SSSR count). The van der Waals surface area contributed by atoms with Gasteiger partial charge in [-0.25, -0.2) is 0 Å². The first-order valence-electron chi connectivity index (χ1n) is 11.8. The van der Waals surface area contributed by atoms with Gasteiger partial charge in [-0.05, 0) is 36.5 Å². The van der Waals surface area contributed by atoms with Gasteiger partial charge in [0.2, 0.25) is 0 Å². The van der Waals surface area contributed by atoms with Crippen LogP contribution in [0.1, 0.15) is 113 Å². The predicted molar refractivity (Wildman–Crippen MR) is 121 cm³/mol. The molecule has 1 atom stereocenters. The van der Waals surface area contributed by atoms with Gasteiger partial charge < -0.3 is 9.47 Å². The van der Waals surface area contributed by atoms with Gasteiger partial charge in [0.15, 0.2) is 0 Å². The number of hydrogen-bond donors (Lipinski definition) is 0. The lowest BCUT2D eigenvalue weighted by atomic mass is 9.83. The van der Waals surface area contributed by atoms with Crippen molar-refractivity contribution >= 4 is 11.9 Å². The minimum atomic E-state index is -0.417. The van der Waals surface area contributed by atoms with E-state index >= 15 is 0 Å². The quantitative estimate of drug-likeness (QED) is 0.203. The monoisotopic (exact) mass is 412 g/mol. The molecule has 0 aromatic carbocycles. The molecule has 172 valence electrons. The first-order chi connectivity index (χ1) is 13.5. The van der Waals surface area contributed by atoms with Gasteiger partial charge in [0.05, 0.1) is 25.6 Å². The molecular weight excluding hydrogens is 364 g/mol. The molecule has 0 radical (unpaired) electrons. The summed E-state index contributed by atoms with van der Waals surface area (Å²) in [5.41, 5.74) is -0.0436. The van der Waals surface area contributed by atoms with Crippen molar-refractivity contribution < 1.29 is 19.1 Å². The molecule has 0 heterocycles. The van der Waals surface area contributed by atoms with Crippen molar-refractivity contribution in [1.29, 1.82) is 0 Å². The summed E-state index contributed by atoms with van der Waals surface area (Å²) in [5.74, 6) is 0.487. The van der Waals surface area contributed by atoms with E-state index in [0.717, 1.165) is 37.5 Å². The maximum atomic E-state index is 12.5. The second kappa shape index (κ2) is 15.7. The highest BCUT2D eigenvalue weighted by molar-refractivity contribution is 5.80. The molecule has 0 saturated heterocycles. The van der Waals surface area contributed by atoms with E-state index in [1.165, 1.54) is 25.7 Å². The van der Waals surface area contributed by atoms with E-state index in [4.69, 9.17) is 9.47 Å². The molecule has 4 heteroatoms. The number of rotatable bonds is 16. The van der Waals surface area contributed by atoms with E-state index in [1.807, 2.05) is 0 Å². The first-order valence-corrected chi connectivity index (χ1v) is 11.8. The molecule has 0 amide bonds. The fourth-order valence-electron chi connectivity index (χ4n) is 3.38. The Morgan fingerprint density at radius 3 is 1.66 bits per heavy atom.